The summed E-state index contributed by atoms with van der Waals surface area (Å²) in [5.74, 6) is 0.156. The first-order chi connectivity index (χ1) is 13.1. The van der Waals surface area contributed by atoms with Crippen LogP contribution in [0.2, 0.25) is 0 Å². The monoisotopic (exact) mass is 350 g/mol. The van der Waals surface area contributed by atoms with E-state index >= 15 is 0 Å². The highest BCUT2D eigenvalue weighted by atomic mass is 16.1. The third kappa shape index (κ3) is 2.42. The van der Waals surface area contributed by atoms with E-state index in [1.807, 2.05) is 18.2 Å². The van der Waals surface area contributed by atoms with E-state index in [4.69, 9.17) is 0 Å². The summed E-state index contributed by atoms with van der Waals surface area (Å²) in [6, 6.07) is 19.1. The highest BCUT2D eigenvalue weighted by Crippen LogP contribution is 2.29. The molecule has 0 aliphatic heterocycles. The van der Waals surface area contributed by atoms with Crippen molar-refractivity contribution in [1.29, 1.82) is 0 Å². The Labute approximate surface area is 159 Å². The fourth-order valence-corrected chi connectivity index (χ4v) is 4.90. The van der Waals surface area contributed by atoms with Crippen LogP contribution in [0, 0.1) is 24.3 Å². The first kappa shape index (κ1) is 16.3. The fourth-order valence-electron chi connectivity index (χ4n) is 4.90. The molecule has 0 heterocycles. The van der Waals surface area contributed by atoms with Crippen LogP contribution < -0.4 is 10.4 Å². The molecule has 3 aromatic carbocycles. The molecule has 0 spiro atoms. The predicted octanol–water partition coefficient (Wildman–Crippen LogP) is 4.10. The zero-order chi connectivity index (χ0) is 18.5. The fraction of sp³-hybridized carbons (Fsp3) is 0.192. The molecule has 0 N–H and O–H groups in total. The van der Waals surface area contributed by atoms with Crippen LogP contribution in [0.25, 0.3) is 11.6 Å². The lowest BCUT2D eigenvalue weighted by Crippen LogP contribution is -2.26. The lowest BCUT2D eigenvalue weighted by molar-refractivity contribution is 0.105. The second-order valence-electron chi connectivity index (χ2n) is 7.71. The van der Waals surface area contributed by atoms with Gasteiger partial charge < -0.3 is 0 Å². The molecule has 0 saturated heterocycles. The zero-order valence-electron chi connectivity index (χ0n) is 15.8. The maximum absolute atomic E-state index is 13.0. The van der Waals surface area contributed by atoms with Gasteiger partial charge in [-0.05, 0) is 87.9 Å². The van der Waals surface area contributed by atoms with Gasteiger partial charge in [0.15, 0.2) is 5.78 Å². The molecular weight excluding hydrogens is 328 g/mol. The minimum Gasteiger partial charge on any atom is -0.289 e. The van der Waals surface area contributed by atoms with Crippen LogP contribution in [-0.4, -0.2) is 5.78 Å². The lowest BCUT2D eigenvalue weighted by atomic mass is 9.81. The Morgan fingerprint density at radius 1 is 0.704 bits per heavy atom. The molecule has 0 radical (unpaired) electrons. The zero-order valence-corrected chi connectivity index (χ0v) is 15.8. The van der Waals surface area contributed by atoms with Gasteiger partial charge in [-0.25, -0.2) is 0 Å². The van der Waals surface area contributed by atoms with Crippen LogP contribution in [0.3, 0.4) is 0 Å². The van der Waals surface area contributed by atoms with Crippen molar-refractivity contribution in [1.82, 2.24) is 0 Å². The average Bonchev–Trinajstić information content (AvgIpc) is 2.67. The first-order valence-corrected chi connectivity index (χ1v) is 9.72. The van der Waals surface area contributed by atoms with Crippen molar-refractivity contribution in [3.05, 3.63) is 103 Å². The van der Waals surface area contributed by atoms with Crippen LogP contribution in [0.5, 0.6) is 0 Å². The summed E-state index contributed by atoms with van der Waals surface area (Å²) in [6.45, 7) is 4.38. The Hall–Kier alpha value is -2.93. The number of Topliss-reactive ketones (excluding diaryl/α,β-unsaturated/α-hetero) is 1. The van der Waals surface area contributed by atoms with Crippen LogP contribution in [0.4, 0.5) is 0 Å². The molecule has 2 aliphatic carbocycles. The number of carbonyl (C=O) groups is 1. The summed E-state index contributed by atoms with van der Waals surface area (Å²) in [5, 5.41) is 4.58. The van der Waals surface area contributed by atoms with E-state index in [-0.39, 0.29) is 5.78 Å². The Morgan fingerprint density at radius 2 is 1.44 bits per heavy atom. The van der Waals surface area contributed by atoms with E-state index in [2.05, 4.69) is 56.3 Å². The molecule has 0 amide bonds. The van der Waals surface area contributed by atoms with Crippen molar-refractivity contribution in [2.75, 3.05) is 0 Å². The van der Waals surface area contributed by atoms with E-state index in [9.17, 15) is 4.79 Å². The van der Waals surface area contributed by atoms with E-state index in [0.717, 1.165) is 35.3 Å². The first-order valence-electron chi connectivity index (χ1n) is 9.72. The highest BCUT2D eigenvalue weighted by Gasteiger charge is 2.21. The standard InChI is InChI=1S/C26H22O/c1-16-7-5-8-17(2)25(16)21-11-6-12-22-20(21)13-14-23-19-10-4-3-9-18(19)15-24(27)26(22)23/h3-5,7-10,13-15H,6,11-12H2,1-2H3. The summed E-state index contributed by atoms with van der Waals surface area (Å²) in [4.78, 5) is 13.0. The quantitative estimate of drug-likeness (QED) is 0.646. The van der Waals surface area contributed by atoms with Crippen molar-refractivity contribution < 1.29 is 4.79 Å². The second kappa shape index (κ2) is 6.06. The summed E-state index contributed by atoms with van der Waals surface area (Å²) < 4.78 is 0. The molecule has 5 rings (SSSR count). The van der Waals surface area contributed by atoms with Crippen molar-refractivity contribution in [3.8, 4) is 0 Å². The minimum absolute atomic E-state index is 0.156. The molecule has 27 heavy (non-hydrogen) atoms. The van der Waals surface area contributed by atoms with Gasteiger partial charge in [-0.3, -0.25) is 4.79 Å². The molecule has 2 aliphatic rings. The van der Waals surface area contributed by atoms with Gasteiger partial charge in [-0.1, -0.05) is 54.6 Å². The van der Waals surface area contributed by atoms with Crippen molar-refractivity contribution in [3.63, 3.8) is 0 Å². The number of rotatable bonds is 1. The predicted molar refractivity (Wildman–Crippen MR) is 110 cm³/mol. The van der Waals surface area contributed by atoms with Gasteiger partial charge in [0.05, 0.1) is 0 Å². The van der Waals surface area contributed by atoms with Crippen molar-refractivity contribution >= 4 is 17.4 Å². The minimum atomic E-state index is 0.156. The number of hydrogen-bond acceptors (Lipinski definition) is 1. The number of carbonyl (C=O) groups excluding carboxylic acids is 1. The van der Waals surface area contributed by atoms with Gasteiger partial charge in [0.2, 0.25) is 0 Å². The third-order valence-electron chi connectivity index (χ3n) is 6.06. The SMILES string of the molecule is Cc1cccc(C)c1C1=c2ccc3c(c2CCC1)C(=O)C=c1ccccc1=3. The van der Waals surface area contributed by atoms with Gasteiger partial charge in [-0.2, -0.15) is 0 Å². The molecule has 0 atom stereocenters. The van der Waals surface area contributed by atoms with E-state index in [0.29, 0.717) is 0 Å². The van der Waals surface area contributed by atoms with Crippen LogP contribution in [0.1, 0.15) is 45.5 Å². The molecule has 0 fully saturated rings. The summed E-state index contributed by atoms with van der Waals surface area (Å²) >= 11 is 0. The highest BCUT2D eigenvalue weighted by molar-refractivity contribution is 6.18. The van der Waals surface area contributed by atoms with E-state index < -0.39 is 0 Å². The summed E-state index contributed by atoms with van der Waals surface area (Å²) in [5.41, 5.74) is 7.58. The maximum Gasteiger partial charge on any atom is 0.187 e. The molecule has 0 unspecified atom stereocenters. The smallest absolute Gasteiger partial charge is 0.187 e. The number of benzene rings is 3. The number of aryl methyl sites for hydroxylation is 2. The Bertz CT molecular complexity index is 1310. The van der Waals surface area contributed by atoms with Crippen LogP contribution >= 0.6 is 0 Å². The van der Waals surface area contributed by atoms with Gasteiger partial charge >= 0.3 is 0 Å². The molecule has 1 heteroatoms. The molecular formula is C26H22O. The largest absolute Gasteiger partial charge is 0.289 e. The number of ketones is 1. The van der Waals surface area contributed by atoms with Crippen molar-refractivity contribution in [2.45, 2.75) is 33.1 Å². The number of hydrogen-bond donors (Lipinski definition) is 0. The third-order valence-corrected chi connectivity index (χ3v) is 6.06. The Kier molecular flexibility index (Phi) is 3.65. The lowest BCUT2D eigenvalue weighted by Gasteiger charge is -2.22. The van der Waals surface area contributed by atoms with E-state index in [1.54, 1.807) is 0 Å². The van der Waals surface area contributed by atoms with Crippen LogP contribution in [0.15, 0.2) is 54.6 Å². The molecule has 0 aromatic heterocycles. The molecule has 0 bridgehead atoms. The van der Waals surface area contributed by atoms with Gasteiger partial charge in [-0.15, -0.1) is 0 Å². The summed E-state index contributed by atoms with van der Waals surface area (Å²) in [7, 11) is 0. The second-order valence-corrected chi connectivity index (χ2v) is 7.71. The summed E-state index contributed by atoms with van der Waals surface area (Å²) in [6.07, 6.45) is 4.97. The Balaban J connectivity index is 1.96. The average molecular weight is 350 g/mol. The Morgan fingerprint density at radius 3 is 2.26 bits per heavy atom. The van der Waals surface area contributed by atoms with E-state index in [1.165, 1.54) is 38.3 Å². The molecule has 0 saturated carbocycles. The van der Waals surface area contributed by atoms with Gasteiger partial charge in [0, 0.05) is 5.56 Å². The maximum atomic E-state index is 13.0. The molecule has 132 valence electrons. The van der Waals surface area contributed by atoms with Gasteiger partial charge in [0.25, 0.3) is 0 Å². The molecule has 3 aromatic rings. The normalized spacial score (nSPS) is 14.9. The molecule has 1 nitrogen and oxygen atoms in total. The topological polar surface area (TPSA) is 17.1 Å². The number of fused-ring (bicyclic) bond motifs is 4. The van der Waals surface area contributed by atoms with Crippen molar-refractivity contribution in [2.24, 2.45) is 0 Å². The van der Waals surface area contributed by atoms with Gasteiger partial charge in [0.1, 0.15) is 0 Å². The van der Waals surface area contributed by atoms with Crippen LogP contribution in [-0.2, 0) is 6.42 Å².